The molecule has 7 heteroatoms. The lowest BCUT2D eigenvalue weighted by molar-refractivity contribution is 0.0746. The number of carbonyl (C=O) groups is 1. The normalized spacial score (nSPS) is 14.4. The molecule has 1 unspecified atom stereocenters. The van der Waals surface area contributed by atoms with Gasteiger partial charge in [-0.25, -0.2) is 0 Å². The number of ether oxygens (including phenoxy) is 3. The molecule has 0 bridgehead atoms. The molecule has 0 aliphatic carbocycles. The average Bonchev–Trinajstić information content (AvgIpc) is 3.53. The molecule has 2 heterocycles. The molecule has 0 fully saturated rings. The maximum Gasteiger partial charge on any atom is 0.273 e. The van der Waals surface area contributed by atoms with Crippen LogP contribution in [0.25, 0.3) is 11.3 Å². The maximum atomic E-state index is 13.7. The van der Waals surface area contributed by atoms with Gasteiger partial charge in [-0.05, 0) is 48.2 Å². The first-order chi connectivity index (χ1) is 19.1. The molecule has 1 aromatic heterocycles. The van der Waals surface area contributed by atoms with Crippen LogP contribution in [0.2, 0.25) is 0 Å². The summed E-state index contributed by atoms with van der Waals surface area (Å²) in [4.78, 5) is 15.7. The Morgan fingerprint density at radius 3 is 2.41 bits per heavy atom. The van der Waals surface area contributed by atoms with Crippen molar-refractivity contribution in [3.05, 3.63) is 95.2 Å². The lowest BCUT2D eigenvalue weighted by atomic mass is 9.96. The predicted molar refractivity (Wildman–Crippen MR) is 152 cm³/mol. The zero-order chi connectivity index (χ0) is 27.2. The fourth-order valence-electron chi connectivity index (χ4n) is 5.16. The lowest BCUT2D eigenvalue weighted by Gasteiger charge is -2.27. The zero-order valence-electron chi connectivity index (χ0n) is 22.8. The molecule has 0 spiro atoms. The number of rotatable bonds is 12. The van der Waals surface area contributed by atoms with Crippen LogP contribution < -0.4 is 14.2 Å². The summed E-state index contributed by atoms with van der Waals surface area (Å²) in [5, 5.41) is 7.62. The molecule has 0 radical (unpaired) electrons. The second kappa shape index (κ2) is 12.1. The molecule has 39 heavy (non-hydrogen) atoms. The Kier molecular flexibility index (Phi) is 8.16. The SMILES string of the molecule is CCCCCOc1ccc(C2c3c(-c4ccccc4)n[nH]c3C(=O)N2CCc2ccc(OC)c(OC)c2)cc1. The van der Waals surface area contributed by atoms with Gasteiger partial charge in [0.25, 0.3) is 5.91 Å². The topological polar surface area (TPSA) is 76.7 Å². The number of amides is 1. The maximum absolute atomic E-state index is 13.7. The third-order valence-corrected chi connectivity index (χ3v) is 7.21. The van der Waals surface area contributed by atoms with Gasteiger partial charge in [0.1, 0.15) is 11.4 Å². The first-order valence-corrected chi connectivity index (χ1v) is 13.5. The number of unbranched alkanes of at least 4 members (excludes halogenated alkanes) is 2. The Morgan fingerprint density at radius 2 is 1.69 bits per heavy atom. The largest absolute Gasteiger partial charge is 0.494 e. The Morgan fingerprint density at radius 1 is 0.923 bits per heavy atom. The van der Waals surface area contributed by atoms with E-state index in [1.807, 2.05) is 65.6 Å². The number of hydrogen-bond donors (Lipinski definition) is 1. The van der Waals surface area contributed by atoms with Crippen molar-refractivity contribution >= 4 is 5.91 Å². The van der Waals surface area contributed by atoms with E-state index in [2.05, 4.69) is 29.3 Å². The third kappa shape index (κ3) is 5.48. The van der Waals surface area contributed by atoms with Gasteiger partial charge in [0.15, 0.2) is 11.5 Å². The highest BCUT2D eigenvalue weighted by atomic mass is 16.5. The van der Waals surface area contributed by atoms with E-state index in [0.717, 1.165) is 53.0 Å². The molecule has 3 aromatic carbocycles. The summed E-state index contributed by atoms with van der Waals surface area (Å²) in [6.45, 7) is 3.42. The number of benzene rings is 3. The summed E-state index contributed by atoms with van der Waals surface area (Å²) in [7, 11) is 3.25. The van der Waals surface area contributed by atoms with Crippen LogP contribution in [0.15, 0.2) is 72.8 Å². The lowest BCUT2D eigenvalue weighted by Crippen LogP contribution is -2.31. The summed E-state index contributed by atoms with van der Waals surface area (Å²) in [5.41, 5.74) is 5.32. The molecule has 5 rings (SSSR count). The van der Waals surface area contributed by atoms with E-state index >= 15 is 0 Å². The quantitative estimate of drug-likeness (QED) is 0.215. The van der Waals surface area contributed by atoms with E-state index in [-0.39, 0.29) is 11.9 Å². The molecule has 0 saturated carbocycles. The second-order valence-electron chi connectivity index (χ2n) is 9.69. The van der Waals surface area contributed by atoms with Gasteiger partial charge < -0.3 is 19.1 Å². The Hall–Kier alpha value is -4.26. The molecule has 7 nitrogen and oxygen atoms in total. The van der Waals surface area contributed by atoms with Crippen LogP contribution in [-0.2, 0) is 6.42 Å². The van der Waals surface area contributed by atoms with E-state index < -0.39 is 0 Å². The van der Waals surface area contributed by atoms with E-state index in [4.69, 9.17) is 14.2 Å². The van der Waals surface area contributed by atoms with Gasteiger partial charge in [-0.15, -0.1) is 0 Å². The van der Waals surface area contributed by atoms with Crippen molar-refractivity contribution in [2.24, 2.45) is 0 Å². The minimum absolute atomic E-state index is 0.0509. The predicted octanol–water partition coefficient (Wildman–Crippen LogP) is 6.45. The van der Waals surface area contributed by atoms with E-state index in [9.17, 15) is 4.79 Å². The summed E-state index contributed by atoms with van der Waals surface area (Å²) in [6.07, 6.45) is 4.02. The third-order valence-electron chi connectivity index (χ3n) is 7.21. The van der Waals surface area contributed by atoms with Crippen LogP contribution in [0.1, 0.15) is 59.4 Å². The molecule has 1 atom stereocenters. The van der Waals surface area contributed by atoms with Gasteiger partial charge in [0.05, 0.1) is 32.6 Å². The van der Waals surface area contributed by atoms with Crippen molar-refractivity contribution in [2.75, 3.05) is 27.4 Å². The Labute approximate surface area is 229 Å². The van der Waals surface area contributed by atoms with E-state index in [1.165, 1.54) is 0 Å². The van der Waals surface area contributed by atoms with Gasteiger partial charge in [-0.3, -0.25) is 9.89 Å². The monoisotopic (exact) mass is 525 g/mol. The number of aromatic nitrogens is 2. The van der Waals surface area contributed by atoms with Crippen molar-refractivity contribution in [2.45, 2.75) is 38.6 Å². The van der Waals surface area contributed by atoms with Crippen LogP contribution in [0.4, 0.5) is 0 Å². The van der Waals surface area contributed by atoms with Crippen LogP contribution in [0, 0.1) is 0 Å². The van der Waals surface area contributed by atoms with Gasteiger partial charge in [-0.2, -0.15) is 5.10 Å². The van der Waals surface area contributed by atoms with Crippen molar-refractivity contribution < 1.29 is 19.0 Å². The van der Waals surface area contributed by atoms with Crippen LogP contribution >= 0.6 is 0 Å². The molecule has 1 N–H and O–H groups in total. The van der Waals surface area contributed by atoms with Crippen LogP contribution in [0.5, 0.6) is 17.2 Å². The van der Waals surface area contributed by atoms with E-state index in [1.54, 1.807) is 14.2 Å². The first-order valence-electron chi connectivity index (χ1n) is 13.5. The number of fused-ring (bicyclic) bond motifs is 1. The van der Waals surface area contributed by atoms with Gasteiger partial charge >= 0.3 is 0 Å². The fraction of sp³-hybridized carbons (Fsp3) is 0.312. The minimum atomic E-state index is -0.268. The Bertz CT molecular complexity index is 1400. The zero-order valence-corrected chi connectivity index (χ0v) is 22.8. The molecule has 0 saturated heterocycles. The van der Waals surface area contributed by atoms with E-state index in [0.29, 0.717) is 36.8 Å². The summed E-state index contributed by atoms with van der Waals surface area (Å²) < 4.78 is 16.8. The summed E-state index contributed by atoms with van der Waals surface area (Å²) in [5.74, 6) is 2.15. The summed E-state index contributed by atoms with van der Waals surface area (Å²) in [6, 6.07) is 23.7. The molecular formula is C32H35N3O4. The average molecular weight is 526 g/mol. The number of H-pyrrole nitrogens is 1. The minimum Gasteiger partial charge on any atom is -0.494 e. The highest BCUT2D eigenvalue weighted by molar-refractivity contribution is 6.00. The number of methoxy groups -OCH3 is 2. The molecule has 1 amide bonds. The van der Waals surface area contributed by atoms with Crippen LogP contribution in [-0.4, -0.2) is 48.4 Å². The highest BCUT2D eigenvalue weighted by Gasteiger charge is 2.41. The number of aromatic amines is 1. The molecule has 1 aliphatic rings. The van der Waals surface area contributed by atoms with Crippen molar-refractivity contribution in [1.82, 2.24) is 15.1 Å². The molecule has 202 valence electrons. The molecule has 1 aliphatic heterocycles. The summed E-state index contributed by atoms with van der Waals surface area (Å²) >= 11 is 0. The van der Waals surface area contributed by atoms with Crippen molar-refractivity contribution in [1.29, 1.82) is 0 Å². The number of nitrogens with zero attached hydrogens (tertiary/aromatic N) is 2. The number of nitrogens with one attached hydrogen (secondary N) is 1. The van der Waals surface area contributed by atoms with Crippen LogP contribution in [0.3, 0.4) is 0 Å². The molecule has 4 aromatic rings. The first kappa shape index (κ1) is 26.4. The standard InChI is InChI=1S/C32H35N3O4/c1-4-5-9-20-39-25-15-13-24(14-16-25)31-28-29(23-10-7-6-8-11-23)33-34-30(28)32(36)35(31)19-18-22-12-17-26(37-2)27(21-22)38-3/h6-8,10-17,21,31H,4-5,9,18-20H2,1-3H3,(H,33,34). The smallest absolute Gasteiger partial charge is 0.273 e. The highest BCUT2D eigenvalue weighted by Crippen LogP contribution is 2.43. The van der Waals surface area contributed by atoms with Crippen molar-refractivity contribution in [3.63, 3.8) is 0 Å². The number of carbonyl (C=O) groups excluding carboxylic acids is 1. The molecular weight excluding hydrogens is 490 g/mol. The second-order valence-corrected chi connectivity index (χ2v) is 9.69. The van der Waals surface area contributed by atoms with Crippen molar-refractivity contribution in [3.8, 4) is 28.5 Å². The van der Waals surface area contributed by atoms with Gasteiger partial charge in [-0.1, -0.05) is 68.3 Å². The Balaban J connectivity index is 1.45. The number of hydrogen-bond acceptors (Lipinski definition) is 5. The van der Waals surface area contributed by atoms with Gasteiger partial charge in [0.2, 0.25) is 0 Å². The van der Waals surface area contributed by atoms with Gasteiger partial charge in [0, 0.05) is 17.7 Å². The fourth-order valence-corrected chi connectivity index (χ4v) is 5.16.